The largest absolute Gasteiger partial charge is 0.494 e. The van der Waals surface area contributed by atoms with E-state index in [1.165, 1.54) is 5.56 Å². The molecule has 2 aromatic heterocycles. The van der Waals surface area contributed by atoms with Gasteiger partial charge in [-0.3, -0.25) is 4.79 Å². The third-order valence-electron chi connectivity index (χ3n) is 7.07. The molecule has 3 N–H and O–H groups in total. The molecule has 5 rings (SSSR count). The van der Waals surface area contributed by atoms with Gasteiger partial charge < -0.3 is 29.8 Å². The van der Waals surface area contributed by atoms with E-state index in [2.05, 4.69) is 38.9 Å². The fourth-order valence-electron chi connectivity index (χ4n) is 4.93. The standard InChI is InChI=1S/C30H34N4O4/c1-4-37-20(3)27-28(36)26(17-22-18-32-29-24(22)6-5-12-31-29)38-30(27)33-25-8-7-21(16-19(25)2)9-13-34-14-10-23(35)11-15-34/h5-8,12,16-18,23,33,35H,3-4,9-11,13-15H2,1-2H3,(H,31,32)/b26-17-. The van der Waals surface area contributed by atoms with Gasteiger partial charge in [0.25, 0.3) is 0 Å². The summed E-state index contributed by atoms with van der Waals surface area (Å²) in [5, 5.41) is 13.9. The van der Waals surface area contributed by atoms with Crippen molar-refractivity contribution in [3.8, 4) is 0 Å². The van der Waals surface area contributed by atoms with Gasteiger partial charge in [0.05, 0.1) is 12.7 Å². The number of aromatic nitrogens is 2. The fourth-order valence-corrected chi connectivity index (χ4v) is 4.93. The highest BCUT2D eigenvalue weighted by Crippen LogP contribution is 2.33. The Morgan fingerprint density at radius 2 is 2.16 bits per heavy atom. The van der Waals surface area contributed by atoms with E-state index in [9.17, 15) is 9.90 Å². The van der Waals surface area contributed by atoms with Gasteiger partial charge >= 0.3 is 0 Å². The first-order chi connectivity index (χ1) is 18.4. The van der Waals surface area contributed by atoms with Gasteiger partial charge in [-0.25, -0.2) is 4.98 Å². The first-order valence-corrected chi connectivity index (χ1v) is 13.1. The van der Waals surface area contributed by atoms with E-state index in [0.29, 0.717) is 12.5 Å². The lowest BCUT2D eigenvalue weighted by molar-refractivity contribution is -0.113. The molecule has 1 fully saturated rings. The summed E-state index contributed by atoms with van der Waals surface area (Å²) in [7, 11) is 0. The minimum absolute atomic E-state index is 0.156. The van der Waals surface area contributed by atoms with Crippen LogP contribution in [0.5, 0.6) is 0 Å². The topological polar surface area (TPSA) is 99.7 Å². The van der Waals surface area contributed by atoms with Crippen LogP contribution in [0, 0.1) is 6.92 Å². The van der Waals surface area contributed by atoms with E-state index in [1.807, 2.05) is 32.0 Å². The summed E-state index contributed by atoms with van der Waals surface area (Å²) in [6, 6.07) is 10.1. The maximum Gasteiger partial charge on any atom is 0.237 e. The number of hydrogen-bond donors (Lipinski definition) is 3. The molecule has 0 aliphatic carbocycles. The number of likely N-dealkylation sites (tertiary alicyclic amines) is 1. The second kappa shape index (κ2) is 11.2. The summed E-state index contributed by atoms with van der Waals surface area (Å²) in [6.07, 6.45) is 7.71. The molecule has 0 bridgehead atoms. The number of aryl methyl sites for hydroxylation is 1. The predicted octanol–water partition coefficient (Wildman–Crippen LogP) is 4.68. The van der Waals surface area contributed by atoms with E-state index in [-0.39, 0.29) is 29.0 Å². The summed E-state index contributed by atoms with van der Waals surface area (Å²) >= 11 is 0. The molecule has 3 aromatic rings. The van der Waals surface area contributed by atoms with Crippen LogP contribution in [0.25, 0.3) is 17.1 Å². The van der Waals surface area contributed by atoms with Crippen molar-refractivity contribution in [1.82, 2.24) is 14.9 Å². The Labute approximate surface area is 222 Å². The van der Waals surface area contributed by atoms with Gasteiger partial charge in [0.2, 0.25) is 11.7 Å². The van der Waals surface area contributed by atoms with Crippen LogP contribution < -0.4 is 5.32 Å². The van der Waals surface area contributed by atoms with Crippen molar-refractivity contribution >= 4 is 28.6 Å². The summed E-state index contributed by atoms with van der Waals surface area (Å²) < 4.78 is 11.7. The van der Waals surface area contributed by atoms with Crippen molar-refractivity contribution in [2.45, 2.75) is 39.2 Å². The number of pyridine rings is 1. The molecule has 198 valence electrons. The number of carbonyl (C=O) groups excluding carboxylic acids is 1. The summed E-state index contributed by atoms with van der Waals surface area (Å²) in [6.45, 7) is 11.1. The number of carbonyl (C=O) groups is 1. The van der Waals surface area contributed by atoms with E-state index in [1.54, 1.807) is 18.5 Å². The average Bonchev–Trinajstić information content (AvgIpc) is 3.46. The molecule has 0 spiro atoms. The lowest BCUT2D eigenvalue weighted by atomic mass is 10.0. The number of rotatable bonds is 9. The molecular weight excluding hydrogens is 480 g/mol. The maximum absolute atomic E-state index is 13.4. The van der Waals surface area contributed by atoms with Crippen LogP contribution in [-0.2, 0) is 20.7 Å². The van der Waals surface area contributed by atoms with Crippen LogP contribution in [-0.4, -0.2) is 58.1 Å². The molecule has 0 unspecified atom stereocenters. The Kier molecular flexibility index (Phi) is 7.62. The van der Waals surface area contributed by atoms with Crippen molar-refractivity contribution in [1.29, 1.82) is 0 Å². The number of fused-ring (bicyclic) bond motifs is 1. The normalized spacial score (nSPS) is 17.9. The Bertz CT molecular complexity index is 1410. The zero-order chi connectivity index (χ0) is 26.6. The first kappa shape index (κ1) is 25.8. The molecule has 1 saturated heterocycles. The van der Waals surface area contributed by atoms with Crippen LogP contribution in [0.2, 0.25) is 0 Å². The highest BCUT2D eigenvalue weighted by Gasteiger charge is 2.34. The molecule has 0 saturated carbocycles. The summed E-state index contributed by atoms with van der Waals surface area (Å²) in [5.74, 6) is 0.476. The molecule has 0 radical (unpaired) electrons. The Hall–Kier alpha value is -3.88. The number of anilines is 1. The van der Waals surface area contributed by atoms with E-state index >= 15 is 0 Å². The van der Waals surface area contributed by atoms with Crippen molar-refractivity contribution in [3.05, 3.63) is 89.0 Å². The van der Waals surface area contributed by atoms with Crippen LogP contribution in [0.1, 0.15) is 36.5 Å². The molecule has 8 nitrogen and oxygen atoms in total. The number of Topliss-reactive ketones (excluding diaryl/α,β-unsaturated/α-hetero) is 1. The number of nitrogens with zero attached hydrogens (tertiary/aromatic N) is 2. The van der Waals surface area contributed by atoms with Gasteiger partial charge in [-0.15, -0.1) is 0 Å². The number of piperidine rings is 1. The van der Waals surface area contributed by atoms with Gasteiger partial charge in [0.1, 0.15) is 17.0 Å². The Morgan fingerprint density at radius 3 is 2.92 bits per heavy atom. The number of ether oxygens (including phenoxy) is 2. The number of aromatic amines is 1. The summed E-state index contributed by atoms with van der Waals surface area (Å²) in [5.41, 5.74) is 4.96. The number of nitrogens with one attached hydrogen (secondary N) is 2. The van der Waals surface area contributed by atoms with Crippen LogP contribution >= 0.6 is 0 Å². The zero-order valence-corrected chi connectivity index (χ0v) is 21.9. The smallest absolute Gasteiger partial charge is 0.237 e. The highest BCUT2D eigenvalue weighted by molar-refractivity contribution is 6.15. The maximum atomic E-state index is 13.4. The minimum Gasteiger partial charge on any atom is -0.494 e. The lowest BCUT2D eigenvalue weighted by Gasteiger charge is -2.29. The zero-order valence-electron chi connectivity index (χ0n) is 21.9. The van der Waals surface area contributed by atoms with Gasteiger partial charge in [-0.2, -0.15) is 0 Å². The van der Waals surface area contributed by atoms with Gasteiger partial charge in [-0.05, 0) is 68.5 Å². The third-order valence-corrected chi connectivity index (χ3v) is 7.07. The van der Waals surface area contributed by atoms with Gasteiger partial charge in [-0.1, -0.05) is 18.7 Å². The number of ketones is 1. The first-order valence-electron chi connectivity index (χ1n) is 13.1. The van der Waals surface area contributed by atoms with Crippen molar-refractivity contribution in [2.75, 3.05) is 31.6 Å². The fraction of sp³-hybridized carbons (Fsp3) is 0.333. The van der Waals surface area contributed by atoms with Crippen molar-refractivity contribution < 1.29 is 19.4 Å². The third kappa shape index (κ3) is 5.51. The number of hydrogen-bond acceptors (Lipinski definition) is 7. The van der Waals surface area contributed by atoms with E-state index in [4.69, 9.17) is 9.47 Å². The molecule has 0 amide bonds. The molecule has 2 aliphatic heterocycles. The molecule has 8 heteroatoms. The second-order valence-electron chi connectivity index (χ2n) is 9.74. The number of allylic oxidation sites excluding steroid dienone is 2. The van der Waals surface area contributed by atoms with Gasteiger partial charge in [0.15, 0.2) is 5.76 Å². The molecule has 1 aromatic carbocycles. The molecule has 0 atom stereocenters. The molecule has 4 heterocycles. The van der Waals surface area contributed by atoms with Crippen LogP contribution in [0.15, 0.2) is 72.3 Å². The van der Waals surface area contributed by atoms with E-state index in [0.717, 1.165) is 66.7 Å². The van der Waals surface area contributed by atoms with Crippen molar-refractivity contribution in [2.24, 2.45) is 0 Å². The van der Waals surface area contributed by atoms with Crippen LogP contribution in [0.4, 0.5) is 5.69 Å². The second-order valence-corrected chi connectivity index (χ2v) is 9.74. The monoisotopic (exact) mass is 514 g/mol. The predicted molar refractivity (Wildman–Crippen MR) is 148 cm³/mol. The van der Waals surface area contributed by atoms with E-state index < -0.39 is 0 Å². The number of aliphatic hydroxyl groups is 1. The highest BCUT2D eigenvalue weighted by atomic mass is 16.5. The van der Waals surface area contributed by atoms with Crippen LogP contribution in [0.3, 0.4) is 0 Å². The minimum atomic E-state index is -0.287. The Balaban J connectivity index is 1.34. The average molecular weight is 515 g/mol. The SMILES string of the molecule is C=C(OCC)C1=C(Nc2ccc(CCN3CCC(O)CC3)cc2C)O/C(=C\c2c[nH]c3ncccc23)C1=O. The van der Waals surface area contributed by atoms with Gasteiger partial charge in [0, 0.05) is 48.7 Å². The molecule has 38 heavy (non-hydrogen) atoms. The molecule has 2 aliphatic rings. The number of aliphatic hydroxyl groups excluding tert-OH is 1. The quantitative estimate of drug-likeness (QED) is 0.282. The molecular formula is C30H34N4O4. The lowest BCUT2D eigenvalue weighted by Crippen LogP contribution is -2.37. The number of benzene rings is 1. The summed E-state index contributed by atoms with van der Waals surface area (Å²) in [4.78, 5) is 23.2. The van der Waals surface area contributed by atoms with Crippen molar-refractivity contribution in [3.63, 3.8) is 0 Å². The number of H-pyrrole nitrogens is 1. The Morgan fingerprint density at radius 1 is 1.34 bits per heavy atom.